The number of nitrogens with zero attached hydrogens (tertiary/aromatic N) is 2. The lowest BCUT2D eigenvalue weighted by molar-refractivity contribution is -0.120. The van der Waals surface area contributed by atoms with Crippen molar-refractivity contribution in [3.8, 4) is 0 Å². The summed E-state index contributed by atoms with van der Waals surface area (Å²) < 4.78 is 0. The lowest BCUT2D eigenvalue weighted by Gasteiger charge is -2.31. The van der Waals surface area contributed by atoms with Crippen LogP contribution in [0.25, 0.3) is 5.57 Å². The molecule has 0 aromatic heterocycles. The summed E-state index contributed by atoms with van der Waals surface area (Å²) >= 11 is 0. The molecule has 0 bridgehead atoms. The van der Waals surface area contributed by atoms with Crippen LogP contribution in [-0.4, -0.2) is 23.3 Å². The van der Waals surface area contributed by atoms with Crippen molar-refractivity contribution >= 4 is 23.1 Å². The number of rotatable bonds is 3. The molecule has 4 nitrogen and oxygen atoms in total. The van der Waals surface area contributed by atoms with Crippen molar-refractivity contribution in [3.63, 3.8) is 0 Å². The molecule has 0 spiro atoms. The van der Waals surface area contributed by atoms with E-state index < -0.39 is 0 Å². The average Bonchev–Trinajstić information content (AvgIpc) is 3.04. The van der Waals surface area contributed by atoms with Gasteiger partial charge in [0.2, 0.25) is 0 Å². The van der Waals surface area contributed by atoms with Gasteiger partial charge in [-0.15, -0.1) is 0 Å². The number of benzene rings is 3. The zero-order valence-corrected chi connectivity index (χ0v) is 16.8. The fraction of sp³-hybridized carbons (Fsp3) is 0.154. The van der Waals surface area contributed by atoms with Crippen molar-refractivity contribution in [2.75, 3.05) is 11.4 Å². The molecular weight excluding hydrogens is 372 g/mol. The van der Waals surface area contributed by atoms with Gasteiger partial charge in [-0.2, -0.15) is 0 Å². The predicted octanol–water partition coefficient (Wildman–Crippen LogP) is 4.34. The summed E-state index contributed by atoms with van der Waals surface area (Å²) in [6, 6.07) is 25.3. The molecule has 2 heterocycles. The molecule has 4 heteroatoms. The number of fused-ring (bicyclic) bond motifs is 1. The van der Waals surface area contributed by atoms with E-state index in [0.29, 0.717) is 30.0 Å². The number of amides is 2. The Kier molecular flexibility index (Phi) is 4.47. The molecule has 148 valence electrons. The topological polar surface area (TPSA) is 40.6 Å². The highest BCUT2D eigenvalue weighted by atomic mass is 16.2. The third kappa shape index (κ3) is 3.01. The number of hydrogen-bond acceptors (Lipinski definition) is 3. The third-order valence-electron chi connectivity index (χ3n) is 5.86. The van der Waals surface area contributed by atoms with Crippen LogP contribution in [0.4, 0.5) is 5.69 Å². The summed E-state index contributed by atoms with van der Waals surface area (Å²) in [6.07, 6.45) is 0.855. The van der Waals surface area contributed by atoms with Gasteiger partial charge in [-0.25, -0.2) is 4.90 Å². The van der Waals surface area contributed by atoms with Gasteiger partial charge in [0.05, 0.1) is 11.3 Å². The molecule has 30 heavy (non-hydrogen) atoms. The van der Waals surface area contributed by atoms with Gasteiger partial charge in [0.1, 0.15) is 5.70 Å². The molecule has 3 aromatic rings. The van der Waals surface area contributed by atoms with Gasteiger partial charge < -0.3 is 4.90 Å². The maximum atomic E-state index is 13.6. The third-order valence-corrected chi connectivity index (χ3v) is 5.86. The number of aryl methyl sites for hydroxylation is 1. The Morgan fingerprint density at radius 2 is 1.40 bits per heavy atom. The van der Waals surface area contributed by atoms with E-state index in [2.05, 4.69) is 17.0 Å². The summed E-state index contributed by atoms with van der Waals surface area (Å²) in [5, 5.41) is 0. The summed E-state index contributed by atoms with van der Waals surface area (Å²) in [6.45, 7) is 3.35. The van der Waals surface area contributed by atoms with Crippen LogP contribution in [-0.2, 0) is 22.6 Å². The van der Waals surface area contributed by atoms with E-state index in [0.717, 1.165) is 17.5 Å². The van der Waals surface area contributed by atoms with Gasteiger partial charge in [0, 0.05) is 13.1 Å². The molecule has 0 N–H and O–H groups in total. The Hall–Kier alpha value is -3.66. The van der Waals surface area contributed by atoms with Gasteiger partial charge >= 0.3 is 0 Å². The van der Waals surface area contributed by atoms with Crippen molar-refractivity contribution in [3.05, 3.63) is 107 Å². The molecule has 3 aromatic carbocycles. The number of imide groups is 1. The van der Waals surface area contributed by atoms with Crippen molar-refractivity contribution in [2.45, 2.75) is 19.9 Å². The summed E-state index contributed by atoms with van der Waals surface area (Å²) in [4.78, 5) is 30.5. The fourth-order valence-corrected chi connectivity index (χ4v) is 4.29. The minimum absolute atomic E-state index is 0.249. The standard InChI is InChI=1S/C26H22N2O2/c1-18-11-13-20(14-12-18)23-24(27-16-15-19-7-5-6-8-21(19)17-27)26(30)28(25(23)29)22-9-3-2-4-10-22/h2-14H,15-17H2,1H3. The number of para-hydroxylation sites is 1. The first-order chi connectivity index (χ1) is 14.6. The number of hydrogen-bond donors (Lipinski definition) is 0. The van der Waals surface area contributed by atoms with Gasteiger partial charge in [0.15, 0.2) is 0 Å². The fourth-order valence-electron chi connectivity index (χ4n) is 4.29. The number of carbonyl (C=O) groups is 2. The number of carbonyl (C=O) groups excluding carboxylic acids is 2. The molecule has 2 aliphatic rings. The van der Waals surface area contributed by atoms with Gasteiger partial charge in [0.25, 0.3) is 11.8 Å². The van der Waals surface area contributed by atoms with E-state index in [1.165, 1.54) is 16.0 Å². The largest absolute Gasteiger partial charge is 0.362 e. The van der Waals surface area contributed by atoms with Crippen molar-refractivity contribution in [2.24, 2.45) is 0 Å². The molecule has 0 unspecified atom stereocenters. The Labute approximate surface area is 176 Å². The minimum atomic E-state index is -0.260. The van der Waals surface area contributed by atoms with Gasteiger partial charge in [-0.05, 0) is 42.2 Å². The van der Waals surface area contributed by atoms with Crippen LogP contribution in [0.2, 0.25) is 0 Å². The second-order valence-electron chi connectivity index (χ2n) is 7.81. The number of anilines is 1. The predicted molar refractivity (Wildman–Crippen MR) is 118 cm³/mol. The maximum Gasteiger partial charge on any atom is 0.282 e. The normalized spacial score (nSPS) is 16.3. The highest BCUT2D eigenvalue weighted by Gasteiger charge is 2.42. The molecular formula is C26H22N2O2. The molecule has 5 rings (SSSR count). The average molecular weight is 394 g/mol. The SMILES string of the molecule is Cc1ccc(C2=C(N3CCc4ccccc4C3)C(=O)N(c3ccccc3)C2=O)cc1. The minimum Gasteiger partial charge on any atom is -0.362 e. The van der Waals surface area contributed by atoms with Crippen LogP contribution in [0.5, 0.6) is 0 Å². The smallest absolute Gasteiger partial charge is 0.282 e. The second-order valence-corrected chi connectivity index (χ2v) is 7.81. The van der Waals surface area contributed by atoms with Crippen LogP contribution < -0.4 is 4.90 Å². The van der Waals surface area contributed by atoms with E-state index >= 15 is 0 Å². The van der Waals surface area contributed by atoms with E-state index in [-0.39, 0.29) is 11.8 Å². The second kappa shape index (κ2) is 7.30. The van der Waals surface area contributed by atoms with Gasteiger partial charge in [-0.1, -0.05) is 72.3 Å². The zero-order chi connectivity index (χ0) is 20.7. The lowest BCUT2D eigenvalue weighted by atomic mass is 9.97. The highest BCUT2D eigenvalue weighted by molar-refractivity contribution is 6.45. The van der Waals surface area contributed by atoms with E-state index in [4.69, 9.17) is 0 Å². The molecule has 0 fully saturated rings. The van der Waals surface area contributed by atoms with Crippen LogP contribution in [0.15, 0.2) is 84.6 Å². The quantitative estimate of drug-likeness (QED) is 0.621. The van der Waals surface area contributed by atoms with E-state index in [1.807, 2.05) is 61.5 Å². The molecule has 0 atom stereocenters. The summed E-state index contributed by atoms with van der Waals surface area (Å²) in [5.74, 6) is -0.509. The zero-order valence-electron chi connectivity index (χ0n) is 16.8. The molecule has 2 amide bonds. The molecule has 0 saturated carbocycles. The van der Waals surface area contributed by atoms with Crippen molar-refractivity contribution < 1.29 is 9.59 Å². The monoisotopic (exact) mass is 394 g/mol. The van der Waals surface area contributed by atoms with E-state index in [1.54, 1.807) is 12.1 Å². The Morgan fingerprint density at radius 3 is 2.13 bits per heavy atom. The molecule has 0 radical (unpaired) electrons. The summed E-state index contributed by atoms with van der Waals surface area (Å²) in [7, 11) is 0. The van der Waals surface area contributed by atoms with Crippen LogP contribution in [0, 0.1) is 6.92 Å². The van der Waals surface area contributed by atoms with Gasteiger partial charge in [-0.3, -0.25) is 9.59 Å². The van der Waals surface area contributed by atoms with Crippen LogP contribution >= 0.6 is 0 Å². The first-order valence-electron chi connectivity index (χ1n) is 10.2. The van der Waals surface area contributed by atoms with Crippen molar-refractivity contribution in [1.82, 2.24) is 4.90 Å². The lowest BCUT2D eigenvalue weighted by Crippen LogP contribution is -2.37. The Morgan fingerprint density at radius 1 is 0.733 bits per heavy atom. The van der Waals surface area contributed by atoms with Crippen LogP contribution in [0.1, 0.15) is 22.3 Å². The summed E-state index contributed by atoms with van der Waals surface area (Å²) in [5.41, 5.74) is 6.01. The first kappa shape index (κ1) is 18.4. The Bertz CT molecular complexity index is 1160. The molecule has 0 saturated heterocycles. The first-order valence-corrected chi connectivity index (χ1v) is 10.2. The highest BCUT2D eigenvalue weighted by Crippen LogP contribution is 2.36. The Balaban J connectivity index is 1.62. The molecule has 0 aliphatic carbocycles. The van der Waals surface area contributed by atoms with Crippen LogP contribution in [0.3, 0.4) is 0 Å². The maximum absolute atomic E-state index is 13.6. The van der Waals surface area contributed by atoms with E-state index in [9.17, 15) is 9.59 Å². The molecule has 2 aliphatic heterocycles. The van der Waals surface area contributed by atoms with Crippen molar-refractivity contribution in [1.29, 1.82) is 0 Å².